The number of benzene rings is 1. The van der Waals surface area contributed by atoms with E-state index in [1.165, 1.54) is 56.7 Å². The van der Waals surface area contributed by atoms with Gasteiger partial charge in [-0.05, 0) is 37.8 Å². The Labute approximate surface area is 199 Å². The maximum Gasteiger partial charge on any atom is 0.191 e. The van der Waals surface area contributed by atoms with Crippen molar-refractivity contribution < 1.29 is 0 Å². The normalized spacial score (nSPS) is 27.5. The molecule has 0 radical (unpaired) electrons. The van der Waals surface area contributed by atoms with Gasteiger partial charge in [0.1, 0.15) is 0 Å². The van der Waals surface area contributed by atoms with E-state index in [9.17, 15) is 0 Å². The molecule has 1 unspecified atom stereocenters. The van der Waals surface area contributed by atoms with Crippen molar-refractivity contribution >= 4 is 29.9 Å². The van der Waals surface area contributed by atoms with E-state index in [0.29, 0.717) is 12.1 Å². The highest BCUT2D eigenvalue weighted by Crippen LogP contribution is 2.17. The van der Waals surface area contributed by atoms with Gasteiger partial charge in [0, 0.05) is 71.0 Å². The SMILES string of the molecule is CCNC(=NCC1CN2CCN1CC2)NC1CCN(Cc2ccccc2C)CC1.I. The van der Waals surface area contributed by atoms with Crippen LogP contribution in [0.2, 0.25) is 0 Å². The molecule has 2 N–H and O–H groups in total. The summed E-state index contributed by atoms with van der Waals surface area (Å²) >= 11 is 0. The van der Waals surface area contributed by atoms with E-state index in [1.807, 2.05) is 0 Å². The van der Waals surface area contributed by atoms with Crippen molar-refractivity contribution in [1.82, 2.24) is 25.3 Å². The molecule has 0 spiro atoms. The molecule has 1 atom stereocenters. The van der Waals surface area contributed by atoms with Crippen molar-refractivity contribution in [3.8, 4) is 0 Å². The number of rotatable bonds is 6. The zero-order valence-electron chi connectivity index (χ0n) is 18.6. The average Bonchev–Trinajstić information content (AvgIpc) is 2.76. The molecule has 1 aromatic rings. The number of piperazine rings is 3. The molecule has 4 fully saturated rings. The lowest BCUT2D eigenvalue weighted by molar-refractivity contribution is 0.0174. The number of fused-ring (bicyclic) bond motifs is 3. The van der Waals surface area contributed by atoms with Gasteiger partial charge in [0.25, 0.3) is 0 Å². The Morgan fingerprint density at radius 1 is 1.07 bits per heavy atom. The number of aryl methyl sites for hydroxylation is 1. The van der Waals surface area contributed by atoms with Gasteiger partial charge in [0.05, 0.1) is 6.54 Å². The topological polar surface area (TPSA) is 46.1 Å². The molecule has 0 aromatic heterocycles. The Morgan fingerprint density at radius 2 is 1.80 bits per heavy atom. The summed E-state index contributed by atoms with van der Waals surface area (Å²) in [6.45, 7) is 15.6. The van der Waals surface area contributed by atoms with E-state index in [4.69, 9.17) is 4.99 Å². The lowest BCUT2D eigenvalue weighted by Crippen LogP contribution is -2.62. The first kappa shape index (κ1) is 23.8. The third kappa shape index (κ3) is 6.31. The number of hydrogen-bond acceptors (Lipinski definition) is 4. The smallest absolute Gasteiger partial charge is 0.191 e. The van der Waals surface area contributed by atoms with E-state index in [2.05, 4.69) is 63.4 Å². The van der Waals surface area contributed by atoms with Gasteiger partial charge >= 0.3 is 0 Å². The van der Waals surface area contributed by atoms with Crippen molar-refractivity contribution in [2.45, 2.75) is 45.3 Å². The third-order valence-electron chi connectivity index (χ3n) is 6.78. The van der Waals surface area contributed by atoms with Crippen LogP contribution in [-0.4, -0.2) is 91.6 Å². The van der Waals surface area contributed by atoms with Gasteiger partial charge < -0.3 is 10.6 Å². The highest BCUT2D eigenvalue weighted by atomic mass is 127. The summed E-state index contributed by atoms with van der Waals surface area (Å²) in [5.74, 6) is 1.00. The van der Waals surface area contributed by atoms with Gasteiger partial charge in [-0.1, -0.05) is 24.3 Å². The number of likely N-dealkylation sites (tertiary alicyclic amines) is 1. The number of nitrogens with zero attached hydrogens (tertiary/aromatic N) is 4. The molecule has 7 heteroatoms. The molecule has 4 heterocycles. The van der Waals surface area contributed by atoms with Crippen molar-refractivity contribution in [1.29, 1.82) is 0 Å². The summed E-state index contributed by atoms with van der Waals surface area (Å²) in [5, 5.41) is 7.18. The van der Waals surface area contributed by atoms with Gasteiger partial charge in [0.2, 0.25) is 0 Å². The number of piperidine rings is 1. The largest absolute Gasteiger partial charge is 0.357 e. The van der Waals surface area contributed by atoms with Crippen molar-refractivity contribution in [3.05, 3.63) is 35.4 Å². The van der Waals surface area contributed by atoms with Gasteiger partial charge in [0.15, 0.2) is 5.96 Å². The molecule has 2 bridgehead atoms. The summed E-state index contributed by atoms with van der Waals surface area (Å²) in [6, 6.07) is 9.87. The Balaban J connectivity index is 0.00000256. The van der Waals surface area contributed by atoms with Gasteiger partial charge in [-0.2, -0.15) is 0 Å². The first-order valence-corrected chi connectivity index (χ1v) is 11.5. The highest BCUT2D eigenvalue weighted by Gasteiger charge is 2.31. The zero-order valence-corrected chi connectivity index (χ0v) is 21.0. The number of nitrogens with one attached hydrogen (secondary N) is 2. The highest BCUT2D eigenvalue weighted by molar-refractivity contribution is 14.0. The lowest BCUT2D eigenvalue weighted by Gasteiger charge is -2.47. The third-order valence-corrected chi connectivity index (χ3v) is 6.78. The maximum absolute atomic E-state index is 4.96. The van der Waals surface area contributed by atoms with E-state index < -0.39 is 0 Å². The molecular weight excluding hydrogens is 487 g/mol. The van der Waals surface area contributed by atoms with Crippen LogP contribution in [0, 0.1) is 6.92 Å². The second kappa shape index (κ2) is 11.6. The van der Waals surface area contributed by atoms with E-state index in [1.54, 1.807) is 0 Å². The first-order chi connectivity index (χ1) is 14.2. The summed E-state index contributed by atoms with van der Waals surface area (Å²) in [4.78, 5) is 12.8. The van der Waals surface area contributed by atoms with E-state index >= 15 is 0 Å². The molecule has 4 aliphatic rings. The maximum atomic E-state index is 4.96. The molecule has 0 amide bonds. The fourth-order valence-corrected chi connectivity index (χ4v) is 4.87. The quantitative estimate of drug-likeness (QED) is 0.338. The summed E-state index contributed by atoms with van der Waals surface area (Å²) in [5.41, 5.74) is 2.86. The Bertz CT molecular complexity index is 680. The summed E-state index contributed by atoms with van der Waals surface area (Å²) < 4.78 is 0. The van der Waals surface area contributed by atoms with Crippen LogP contribution < -0.4 is 10.6 Å². The second-order valence-corrected chi connectivity index (χ2v) is 8.83. The zero-order chi connectivity index (χ0) is 20.1. The van der Waals surface area contributed by atoms with Crippen LogP contribution in [0.3, 0.4) is 0 Å². The molecular formula is C23H39IN6. The molecule has 0 saturated carbocycles. The second-order valence-electron chi connectivity index (χ2n) is 8.83. The van der Waals surface area contributed by atoms with Crippen LogP contribution >= 0.6 is 24.0 Å². The van der Waals surface area contributed by atoms with Gasteiger partial charge in [-0.25, -0.2) is 0 Å². The van der Waals surface area contributed by atoms with Crippen molar-refractivity contribution in [3.63, 3.8) is 0 Å². The first-order valence-electron chi connectivity index (χ1n) is 11.5. The minimum Gasteiger partial charge on any atom is -0.357 e. The Morgan fingerprint density at radius 3 is 2.43 bits per heavy atom. The van der Waals surface area contributed by atoms with E-state index in [-0.39, 0.29) is 24.0 Å². The minimum absolute atomic E-state index is 0. The van der Waals surface area contributed by atoms with Crippen LogP contribution in [0.4, 0.5) is 0 Å². The van der Waals surface area contributed by atoms with Gasteiger partial charge in [-0.3, -0.25) is 19.7 Å². The standard InChI is InChI=1S/C23H38N6.HI/c1-3-24-23(25-16-22-18-28-12-14-29(22)15-13-28)26-21-8-10-27(11-9-21)17-20-7-5-4-6-19(20)2;/h4-7,21-22H,3,8-18H2,1-2H3,(H2,24,25,26);1H. The molecule has 5 rings (SSSR count). The molecule has 4 saturated heterocycles. The van der Waals surface area contributed by atoms with Crippen LogP contribution in [0.15, 0.2) is 29.3 Å². The van der Waals surface area contributed by atoms with Crippen LogP contribution in [0.25, 0.3) is 0 Å². The average molecular weight is 527 g/mol. The Kier molecular flexibility index (Phi) is 9.22. The summed E-state index contributed by atoms with van der Waals surface area (Å²) in [7, 11) is 0. The molecule has 1 aromatic carbocycles. The molecule has 4 aliphatic heterocycles. The van der Waals surface area contributed by atoms with Crippen LogP contribution in [0.1, 0.15) is 30.9 Å². The van der Waals surface area contributed by atoms with E-state index in [0.717, 1.165) is 38.7 Å². The monoisotopic (exact) mass is 526 g/mol. The van der Waals surface area contributed by atoms with Gasteiger partial charge in [-0.15, -0.1) is 24.0 Å². The number of aliphatic imine (C=N–C) groups is 1. The van der Waals surface area contributed by atoms with Crippen molar-refractivity contribution in [2.24, 2.45) is 4.99 Å². The molecule has 30 heavy (non-hydrogen) atoms. The number of guanidine groups is 1. The van der Waals surface area contributed by atoms with Crippen LogP contribution in [-0.2, 0) is 6.54 Å². The fraction of sp³-hybridized carbons (Fsp3) is 0.696. The fourth-order valence-electron chi connectivity index (χ4n) is 4.87. The number of hydrogen-bond donors (Lipinski definition) is 2. The lowest BCUT2D eigenvalue weighted by atomic mass is 10.0. The molecule has 6 nitrogen and oxygen atoms in total. The molecule has 0 aliphatic carbocycles. The number of halogens is 1. The summed E-state index contributed by atoms with van der Waals surface area (Å²) in [6.07, 6.45) is 2.36. The molecule has 168 valence electrons. The predicted molar refractivity (Wildman–Crippen MR) is 136 cm³/mol. The Hall–Kier alpha value is -0.900. The minimum atomic E-state index is 0. The predicted octanol–water partition coefficient (Wildman–Crippen LogP) is 2.13. The van der Waals surface area contributed by atoms with Crippen molar-refractivity contribution in [2.75, 3.05) is 58.9 Å². The van der Waals surface area contributed by atoms with Crippen LogP contribution in [0.5, 0.6) is 0 Å².